The molecule has 1 N–H and O–H groups in total. The zero-order valence-electron chi connectivity index (χ0n) is 9.74. The van der Waals surface area contributed by atoms with E-state index < -0.39 is 0 Å². The number of aryl methyl sites for hydroxylation is 3. The summed E-state index contributed by atoms with van der Waals surface area (Å²) in [6.45, 7) is 7.04. The van der Waals surface area contributed by atoms with Crippen LogP contribution in [0.3, 0.4) is 0 Å². The molecule has 0 aliphatic rings. The lowest BCUT2D eigenvalue weighted by Crippen LogP contribution is -2.02. The first-order chi connectivity index (χ1) is 7.65. The van der Waals surface area contributed by atoms with Gasteiger partial charge < -0.3 is 5.32 Å². The molecular weight excluding hydrogens is 218 g/mol. The first-order valence-electron chi connectivity index (χ1n) is 5.24. The molecule has 0 saturated heterocycles. The van der Waals surface area contributed by atoms with E-state index in [0.29, 0.717) is 5.95 Å². The first kappa shape index (κ1) is 11.1. The highest BCUT2D eigenvalue weighted by Gasteiger charge is 2.02. The highest BCUT2D eigenvalue weighted by Crippen LogP contribution is 2.21. The smallest absolute Gasteiger partial charge is 0.223 e. The van der Waals surface area contributed by atoms with Gasteiger partial charge in [-0.1, -0.05) is 0 Å². The van der Waals surface area contributed by atoms with Crippen molar-refractivity contribution in [3.8, 4) is 0 Å². The van der Waals surface area contributed by atoms with Gasteiger partial charge in [-0.05, 0) is 38.5 Å². The molecule has 0 aromatic carbocycles. The Kier molecular flexibility index (Phi) is 3.19. The molecule has 0 fully saturated rings. The summed E-state index contributed by atoms with van der Waals surface area (Å²) in [7, 11) is 0. The number of rotatable bonds is 3. The van der Waals surface area contributed by atoms with Gasteiger partial charge in [0.25, 0.3) is 0 Å². The van der Waals surface area contributed by atoms with Gasteiger partial charge in [0.05, 0.1) is 6.54 Å². The first-order valence-corrected chi connectivity index (χ1v) is 6.06. The van der Waals surface area contributed by atoms with Gasteiger partial charge in [0.1, 0.15) is 0 Å². The van der Waals surface area contributed by atoms with E-state index in [1.807, 2.05) is 24.3 Å². The Labute approximate surface area is 99.6 Å². The van der Waals surface area contributed by atoms with Crippen LogP contribution < -0.4 is 5.32 Å². The summed E-state index contributed by atoms with van der Waals surface area (Å²) in [6, 6.07) is 4.10. The van der Waals surface area contributed by atoms with Crippen LogP contribution >= 0.6 is 11.3 Å². The normalized spacial score (nSPS) is 10.4. The Morgan fingerprint density at radius 1 is 1.31 bits per heavy atom. The molecule has 0 atom stereocenters. The summed E-state index contributed by atoms with van der Waals surface area (Å²) in [6.07, 6.45) is 1.77. The molecule has 0 radical (unpaired) electrons. The monoisotopic (exact) mass is 233 g/mol. The van der Waals surface area contributed by atoms with Crippen molar-refractivity contribution in [1.82, 2.24) is 9.97 Å². The average Bonchev–Trinajstić information content (AvgIpc) is 2.56. The molecule has 16 heavy (non-hydrogen) atoms. The van der Waals surface area contributed by atoms with Crippen LogP contribution in [0, 0.1) is 20.8 Å². The molecule has 2 aromatic rings. The Hall–Kier alpha value is -1.42. The third-order valence-corrected chi connectivity index (χ3v) is 3.59. The van der Waals surface area contributed by atoms with E-state index in [9.17, 15) is 0 Å². The highest BCUT2D eigenvalue weighted by atomic mass is 32.1. The SMILES string of the molecule is Cc1ccnc(NCc2cc(C)c(C)s2)n1. The van der Waals surface area contributed by atoms with Crippen LogP contribution in [0.15, 0.2) is 18.3 Å². The molecule has 84 valence electrons. The fraction of sp³-hybridized carbons (Fsp3) is 0.333. The fourth-order valence-electron chi connectivity index (χ4n) is 1.44. The maximum atomic E-state index is 4.30. The number of hydrogen-bond donors (Lipinski definition) is 1. The predicted octanol–water partition coefficient (Wildman–Crippen LogP) is 3.08. The van der Waals surface area contributed by atoms with Gasteiger partial charge >= 0.3 is 0 Å². The molecule has 2 heterocycles. The fourth-order valence-corrected chi connectivity index (χ4v) is 2.43. The molecular formula is C12H15N3S. The molecule has 0 spiro atoms. The lowest BCUT2D eigenvalue weighted by atomic mass is 10.3. The molecule has 0 unspecified atom stereocenters. The average molecular weight is 233 g/mol. The standard InChI is InChI=1S/C12H15N3S/c1-8-6-11(16-10(8)3)7-14-12-13-5-4-9(2)15-12/h4-6H,7H2,1-3H3,(H,13,14,15). The minimum Gasteiger partial charge on any atom is -0.349 e. The molecule has 3 nitrogen and oxygen atoms in total. The van der Waals surface area contributed by atoms with Crippen molar-refractivity contribution in [2.75, 3.05) is 5.32 Å². The zero-order valence-corrected chi connectivity index (χ0v) is 10.6. The summed E-state index contributed by atoms with van der Waals surface area (Å²) < 4.78 is 0. The Morgan fingerprint density at radius 2 is 2.12 bits per heavy atom. The molecule has 0 aliphatic heterocycles. The second-order valence-electron chi connectivity index (χ2n) is 3.83. The Bertz CT molecular complexity index is 471. The summed E-state index contributed by atoms with van der Waals surface area (Å²) >= 11 is 1.82. The quantitative estimate of drug-likeness (QED) is 0.885. The zero-order chi connectivity index (χ0) is 11.5. The van der Waals surface area contributed by atoms with E-state index in [-0.39, 0.29) is 0 Å². The molecule has 2 aromatic heterocycles. The second-order valence-corrected chi connectivity index (χ2v) is 5.17. The van der Waals surface area contributed by atoms with Crippen molar-refractivity contribution < 1.29 is 0 Å². The van der Waals surface area contributed by atoms with E-state index >= 15 is 0 Å². The minimum atomic E-state index is 0.698. The van der Waals surface area contributed by atoms with Crippen LogP contribution in [0.25, 0.3) is 0 Å². The van der Waals surface area contributed by atoms with Gasteiger partial charge in [0, 0.05) is 21.6 Å². The van der Waals surface area contributed by atoms with Gasteiger partial charge in [-0.15, -0.1) is 11.3 Å². The van der Waals surface area contributed by atoms with Crippen molar-refractivity contribution >= 4 is 17.3 Å². The number of hydrogen-bond acceptors (Lipinski definition) is 4. The minimum absolute atomic E-state index is 0.698. The lowest BCUT2D eigenvalue weighted by molar-refractivity contribution is 1.04. The van der Waals surface area contributed by atoms with E-state index in [4.69, 9.17) is 0 Å². The molecule has 2 rings (SSSR count). The molecule has 0 amide bonds. The highest BCUT2D eigenvalue weighted by molar-refractivity contribution is 7.12. The van der Waals surface area contributed by atoms with Gasteiger partial charge in [-0.3, -0.25) is 0 Å². The van der Waals surface area contributed by atoms with Crippen LogP contribution in [-0.4, -0.2) is 9.97 Å². The molecule has 0 aliphatic carbocycles. The van der Waals surface area contributed by atoms with E-state index in [1.165, 1.54) is 15.3 Å². The molecule has 0 saturated carbocycles. The topological polar surface area (TPSA) is 37.8 Å². The van der Waals surface area contributed by atoms with Crippen LogP contribution in [-0.2, 0) is 6.54 Å². The van der Waals surface area contributed by atoms with Crippen molar-refractivity contribution in [3.63, 3.8) is 0 Å². The van der Waals surface area contributed by atoms with E-state index in [1.54, 1.807) is 6.20 Å². The van der Waals surface area contributed by atoms with Crippen LogP contribution in [0.5, 0.6) is 0 Å². The van der Waals surface area contributed by atoms with Crippen molar-refractivity contribution in [2.45, 2.75) is 27.3 Å². The molecule has 0 bridgehead atoms. The summed E-state index contributed by atoms with van der Waals surface area (Å²) in [5.74, 6) is 0.698. The maximum Gasteiger partial charge on any atom is 0.223 e. The van der Waals surface area contributed by atoms with Crippen molar-refractivity contribution in [3.05, 3.63) is 39.3 Å². The number of aromatic nitrogens is 2. The van der Waals surface area contributed by atoms with Crippen molar-refractivity contribution in [2.24, 2.45) is 0 Å². The van der Waals surface area contributed by atoms with Crippen molar-refractivity contribution in [1.29, 1.82) is 0 Å². The number of nitrogens with zero attached hydrogens (tertiary/aromatic N) is 2. The largest absolute Gasteiger partial charge is 0.349 e. The van der Waals surface area contributed by atoms with E-state index in [2.05, 4.69) is 35.2 Å². The third-order valence-electron chi connectivity index (χ3n) is 2.43. The van der Waals surface area contributed by atoms with Crippen LogP contribution in [0.2, 0.25) is 0 Å². The van der Waals surface area contributed by atoms with Crippen LogP contribution in [0.4, 0.5) is 5.95 Å². The third kappa shape index (κ3) is 2.58. The van der Waals surface area contributed by atoms with Crippen LogP contribution in [0.1, 0.15) is 21.0 Å². The van der Waals surface area contributed by atoms with Gasteiger partial charge in [0.2, 0.25) is 5.95 Å². The van der Waals surface area contributed by atoms with Gasteiger partial charge in [-0.2, -0.15) is 0 Å². The maximum absolute atomic E-state index is 4.30. The second kappa shape index (κ2) is 4.61. The summed E-state index contributed by atoms with van der Waals surface area (Å²) in [4.78, 5) is 11.2. The summed E-state index contributed by atoms with van der Waals surface area (Å²) in [5.41, 5.74) is 2.34. The van der Waals surface area contributed by atoms with E-state index in [0.717, 1.165) is 12.2 Å². The Morgan fingerprint density at radius 3 is 2.75 bits per heavy atom. The summed E-state index contributed by atoms with van der Waals surface area (Å²) in [5, 5.41) is 3.23. The number of thiophene rings is 1. The predicted molar refractivity (Wildman–Crippen MR) is 67.9 cm³/mol. The van der Waals surface area contributed by atoms with Gasteiger partial charge in [0.15, 0.2) is 0 Å². The lowest BCUT2D eigenvalue weighted by Gasteiger charge is -2.02. The van der Waals surface area contributed by atoms with Gasteiger partial charge in [-0.25, -0.2) is 9.97 Å². The number of anilines is 1. The Balaban J connectivity index is 2.02. The molecule has 4 heteroatoms. The number of nitrogens with one attached hydrogen (secondary N) is 1.